The van der Waals surface area contributed by atoms with E-state index in [1.807, 2.05) is 0 Å². The monoisotopic (exact) mass is 301 g/mol. The van der Waals surface area contributed by atoms with Crippen LogP contribution in [0, 0.1) is 10.1 Å². The number of nitro groups is 1. The SMILES string of the molecule is Nc1c(N=Nc2ccccc2[N+](=O)[O-])c(=O)[nH]c2nnnn12. The predicted octanol–water partition coefficient (Wildman–Crippen LogP) is 0.718. The van der Waals surface area contributed by atoms with E-state index < -0.39 is 10.5 Å². The number of para-hydroxylation sites is 1. The molecular formula is C10H7N9O3. The summed E-state index contributed by atoms with van der Waals surface area (Å²) in [6.45, 7) is 0. The lowest BCUT2D eigenvalue weighted by Crippen LogP contribution is -2.13. The Bertz CT molecular complexity index is 958. The molecule has 0 atom stereocenters. The highest BCUT2D eigenvalue weighted by Gasteiger charge is 2.14. The fourth-order valence-electron chi connectivity index (χ4n) is 1.71. The Labute approximate surface area is 120 Å². The number of rotatable bonds is 3. The van der Waals surface area contributed by atoms with Crippen molar-refractivity contribution < 1.29 is 4.92 Å². The number of nitrogens with zero attached hydrogens (tertiary/aromatic N) is 7. The normalized spacial score (nSPS) is 11.3. The number of fused-ring (bicyclic) bond motifs is 1. The maximum Gasteiger partial charge on any atom is 0.296 e. The van der Waals surface area contributed by atoms with Gasteiger partial charge in [0.2, 0.25) is 0 Å². The Kier molecular flexibility index (Phi) is 3.02. The fraction of sp³-hybridized carbons (Fsp3) is 0. The maximum atomic E-state index is 11.9. The van der Waals surface area contributed by atoms with Gasteiger partial charge in [0.15, 0.2) is 17.2 Å². The first-order chi connectivity index (χ1) is 10.6. The quantitative estimate of drug-likeness (QED) is 0.407. The Hall–Kier alpha value is -3.70. The van der Waals surface area contributed by atoms with E-state index in [0.717, 1.165) is 4.52 Å². The Morgan fingerprint density at radius 2 is 2.09 bits per heavy atom. The van der Waals surface area contributed by atoms with Gasteiger partial charge in [0.1, 0.15) is 0 Å². The Morgan fingerprint density at radius 3 is 2.86 bits per heavy atom. The second-order valence-electron chi connectivity index (χ2n) is 4.05. The highest BCUT2D eigenvalue weighted by molar-refractivity contribution is 5.60. The van der Waals surface area contributed by atoms with Gasteiger partial charge < -0.3 is 5.73 Å². The van der Waals surface area contributed by atoms with Crippen LogP contribution >= 0.6 is 0 Å². The van der Waals surface area contributed by atoms with E-state index in [4.69, 9.17) is 5.73 Å². The van der Waals surface area contributed by atoms with Crippen molar-refractivity contribution in [2.75, 3.05) is 5.73 Å². The molecule has 2 heterocycles. The highest BCUT2D eigenvalue weighted by atomic mass is 16.6. The van der Waals surface area contributed by atoms with Crippen molar-refractivity contribution in [2.45, 2.75) is 0 Å². The molecule has 0 amide bonds. The summed E-state index contributed by atoms with van der Waals surface area (Å²) in [7, 11) is 0. The van der Waals surface area contributed by atoms with Crippen LogP contribution in [-0.4, -0.2) is 29.9 Å². The largest absolute Gasteiger partial charge is 0.381 e. The molecule has 0 saturated heterocycles. The first-order valence-corrected chi connectivity index (χ1v) is 5.83. The van der Waals surface area contributed by atoms with Crippen LogP contribution in [-0.2, 0) is 0 Å². The standard InChI is InChI=1S/C10H7N9O3/c11-8-7(9(20)12-10-15-16-17-18(8)10)14-13-5-3-1-2-4-6(5)19(21)22/h1-4H,11H2,(H,12,15,17,20). The van der Waals surface area contributed by atoms with Gasteiger partial charge in [-0.1, -0.05) is 17.2 Å². The molecule has 0 aliphatic heterocycles. The number of H-pyrrole nitrogens is 1. The molecule has 1 aromatic carbocycles. The molecule has 0 saturated carbocycles. The van der Waals surface area contributed by atoms with E-state index in [-0.39, 0.29) is 28.7 Å². The lowest BCUT2D eigenvalue weighted by atomic mass is 10.3. The molecule has 0 fully saturated rings. The first kappa shape index (κ1) is 13.3. The Morgan fingerprint density at radius 1 is 1.32 bits per heavy atom. The van der Waals surface area contributed by atoms with Crippen LogP contribution in [0.3, 0.4) is 0 Å². The zero-order valence-corrected chi connectivity index (χ0v) is 10.7. The second kappa shape index (κ2) is 5.01. The molecule has 12 nitrogen and oxygen atoms in total. The van der Waals surface area contributed by atoms with Gasteiger partial charge in [-0.15, -0.1) is 10.2 Å². The third kappa shape index (κ3) is 2.13. The number of azo groups is 1. The molecule has 3 aromatic rings. The molecule has 0 aliphatic rings. The minimum atomic E-state index is -0.665. The highest BCUT2D eigenvalue weighted by Crippen LogP contribution is 2.28. The second-order valence-corrected chi connectivity index (χ2v) is 4.05. The van der Waals surface area contributed by atoms with Gasteiger partial charge in [0.05, 0.1) is 4.92 Å². The van der Waals surface area contributed by atoms with Gasteiger partial charge in [-0.2, -0.15) is 4.52 Å². The molecular weight excluding hydrogens is 294 g/mol. The summed E-state index contributed by atoms with van der Waals surface area (Å²) in [6, 6.07) is 5.71. The number of nitro benzene ring substituents is 1. The summed E-state index contributed by atoms with van der Waals surface area (Å²) in [5.74, 6) is -0.0850. The number of nitrogens with two attached hydrogens (primary N) is 1. The van der Waals surface area contributed by atoms with Gasteiger partial charge >= 0.3 is 0 Å². The number of aromatic nitrogens is 5. The van der Waals surface area contributed by atoms with Crippen LogP contribution in [0.1, 0.15) is 0 Å². The van der Waals surface area contributed by atoms with Crippen LogP contribution in [0.4, 0.5) is 22.9 Å². The number of anilines is 1. The van der Waals surface area contributed by atoms with E-state index in [9.17, 15) is 14.9 Å². The smallest absolute Gasteiger partial charge is 0.296 e. The molecule has 3 rings (SSSR count). The van der Waals surface area contributed by atoms with Gasteiger partial charge in [-0.3, -0.25) is 19.9 Å². The zero-order valence-electron chi connectivity index (χ0n) is 10.7. The third-order valence-corrected chi connectivity index (χ3v) is 2.72. The summed E-state index contributed by atoms with van der Waals surface area (Å²) in [4.78, 5) is 24.5. The number of benzene rings is 1. The van der Waals surface area contributed by atoms with E-state index >= 15 is 0 Å². The molecule has 0 radical (unpaired) electrons. The first-order valence-electron chi connectivity index (χ1n) is 5.83. The van der Waals surface area contributed by atoms with Crippen LogP contribution in [0.2, 0.25) is 0 Å². The van der Waals surface area contributed by atoms with Crippen molar-refractivity contribution in [1.82, 2.24) is 25.0 Å². The number of hydrogen-bond acceptors (Lipinski definition) is 9. The summed E-state index contributed by atoms with van der Waals surface area (Å²) in [6.07, 6.45) is 0. The molecule has 3 N–H and O–H groups in total. The van der Waals surface area contributed by atoms with Gasteiger partial charge in [0.25, 0.3) is 17.0 Å². The van der Waals surface area contributed by atoms with E-state index in [1.54, 1.807) is 6.07 Å². The number of nitrogens with one attached hydrogen (secondary N) is 1. The molecule has 12 heteroatoms. The average molecular weight is 301 g/mol. The summed E-state index contributed by atoms with van der Waals surface area (Å²) in [5, 5.41) is 28.7. The van der Waals surface area contributed by atoms with E-state index in [2.05, 4.69) is 30.7 Å². The molecule has 22 heavy (non-hydrogen) atoms. The van der Waals surface area contributed by atoms with Crippen molar-refractivity contribution in [3.05, 3.63) is 44.7 Å². The van der Waals surface area contributed by atoms with E-state index in [0.29, 0.717) is 0 Å². The number of hydrogen-bond donors (Lipinski definition) is 2. The van der Waals surface area contributed by atoms with Crippen molar-refractivity contribution >= 4 is 28.7 Å². The van der Waals surface area contributed by atoms with E-state index in [1.165, 1.54) is 18.2 Å². The lowest BCUT2D eigenvalue weighted by Gasteiger charge is -1.99. The lowest BCUT2D eigenvalue weighted by molar-refractivity contribution is -0.384. The van der Waals surface area contributed by atoms with Crippen molar-refractivity contribution in [1.29, 1.82) is 0 Å². The third-order valence-electron chi connectivity index (χ3n) is 2.72. The summed E-state index contributed by atoms with van der Waals surface area (Å²) < 4.78 is 1.06. The van der Waals surface area contributed by atoms with Gasteiger partial charge in [0, 0.05) is 6.07 Å². The van der Waals surface area contributed by atoms with Crippen molar-refractivity contribution in [3.63, 3.8) is 0 Å². The Balaban J connectivity index is 2.11. The average Bonchev–Trinajstić information content (AvgIpc) is 2.95. The van der Waals surface area contributed by atoms with Crippen molar-refractivity contribution in [2.24, 2.45) is 10.2 Å². The fourth-order valence-corrected chi connectivity index (χ4v) is 1.71. The predicted molar refractivity (Wildman–Crippen MR) is 73.1 cm³/mol. The topological polar surface area (TPSA) is 170 Å². The van der Waals surface area contributed by atoms with Gasteiger partial charge in [-0.05, 0) is 16.5 Å². The molecule has 0 unspecified atom stereocenters. The molecule has 2 aromatic heterocycles. The summed E-state index contributed by atoms with van der Waals surface area (Å²) >= 11 is 0. The molecule has 0 spiro atoms. The number of tetrazole rings is 1. The minimum Gasteiger partial charge on any atom is -0.381 e. The summed E-state index contributed by atoms with van der Waals surface area (Å²) in [5.41, 5.74) is 4.57. The van der Waals surface area contributed by atoms with Crippen LogP contribution < -0.4 is 11.3 Å². The van der Waals surface area contributed by atoms with Crippen LogP contribution in [0.5, 0.6) is 0 Å². The maximum absolute atomic E-state index is 11.9. The molecule has 0 aliphatic carbocycles. The minimum absolute atomic E-state index is 0.0110. The van der Waals surface area contributed by atoms with Crippen LogP contribution in [0.15, 0.2) is 39.3 Å². The molecule has 0 bridgehead atoms. The number of nitrogen functional groups attached to an aromatic ring is 1. The zero-order chi connectivity index (χ0) is 15.7. The van der Waals surface area contributed by atoms with Gasteiger partial charge in [-0.25, -0.2) is 0 Å². The number of aromatic amines is 1. The van der Waals surface area contributed by atoms with Crippen molar-refractivity contribution in [3.8, 4) is 0 Å². The van der Waals surface area contributed by atoms with Crippen LogP contribution in [0.25, 0.3) is 5.78 Å². The molecule has 110 valence electrons.